The number of piperidine rings is 1. The fourth-order valence-electron chi connectivity index (χ4n) is 5.12. The van der Waals surface area contributed by atoms with Crippen LogP contribution in [0.25, 0.3) is 10.9 Å². The first-order chi connectivity index (χ1) is 19.8. The van der Waals surface area contributed by atoms with Crippen LogP contribution in [-0.4, -0.2) is 77.4 Å². The lowest BCUT2D eigenvalue weighted by Crippen LogP contribution is -2.45. The van der Waals surface area contributed by atoms with Crippen molar-refractivity contribution in [2.45, 2.75) is 43.6 Å². The lowest BCUT2D eigenvalue weighted by atomic mass is 10.0. The Hall–Kier alpha value is -3.61. The normalized spacial score (nSPS) is 18.5. The molecular weight excluding hydrogens is 551 g/mol. The maximum absolute atomic E-state index is 14.9. The molecule has 10 nitrogen and oxygen atoms in total. The number of anilines is 1. The number of thioether (sulfide) groups is 1. The molecule has 2 aliphatic heterocycles. The van der Waals surface area contributed by atoms with Gasteiger partial charge in [-0.1, -0.05) is 17.8 Å². The van der Waals surface area contributed by atoms with E-state index in [9.17, 15) is 23.9 Å². The number of hydrogen-bond donors (Lipinski definition) is 4. The van der Waals surface area contributed by atoms with E-state index in [-0.39, 0.29) is 36.2 Å². The van der Waals surface area contributed by atoms with E-state index in [0.717, 1.165) is 30.1 Å². The number of rotatable bonds is 11. The van der Waals surface area contributed by atoms with Gasteiger partial charge in [0.25, 0.3) is 5.24 Å². The van der Waals surface area contributed by atoms with E-state index in [1.165, 1.54) is 6.07 Å². The Morgan fingerprint density at radius 1 is 1.22 bits per heavy atom. The first-order valence-corrected chi connectivity index (χ1v) is 14.6. The molecule has 3 heterocycles. The summed E-state index contributed by atoms with van der Waals surface area (Å²) in [6, 6.07) is 10.5. The molecule has 218 valence electrons. The van der Waals surface area contributed by atoms with Crippen LogP contribution in [0, 0.1) is 5.82 Å². The number of imide groups is 1. The first-order valence-electron chi connectivity index (χ1n) is 13.7. The highest BCUT2D eigenvalue weighted by molar-refractivity contribution is 8.15. The summed E-state index contributed by atoms with van der Waals surface area (Å²) in [6.45, 7) is 3.81. The van der Waals surface area contributed by atoms with Crippen molar-refractivity contribution in [2.24, 2.45) is 0 Å². The molecule has 0 radical (unpaired) electrons. The summed E-state index contributed by atoms with van der Waals surface area (Å²) in [5.41, 5.74) is 2.42. The van der Waals surface area contributed by atoms with Crippen molar-refractivity contribution < 1.29 is 33.4 Å². The molecule has 12 heteroatoms. The zero-order valence-electron chi connectivity index (χ0n) is 22.7. The number of amides is 2. The number of nitrogens with zero attached hydrogens (tertiary/aromatic N) is 1. The molecule has 2 atom stereocenters. The standard InChI is InChI=1S/C29H33FN4O6S/c1-2-39-28(37)22-15-32-24-5-4-20(13-21(22)24)40-16-19(35)14-31-18-7-9-34(10-8-18)25-6-3-17(11-23(25)30)12-26-27(36)33-29(38)41-26/h3-6,11,13,15,18-19,26,31-32,35H,2,7-10,12,14,16H2,1H3,(H,33,36,38). The Morgan fingerprint density at radius 2 is 2.02 bits per heavy atom. The van der Waals surface area contributed by atoms with Crippen LogP contribution in [0.15, 0.2) is 42.6 Å². The Bertz CT molecular complexity index is 1420. The minimum absolute atomic E-state index is 0.0866. The van der Waals surface area contributed by atoms with E-state index in [1.54, 1.807) is 37.4 Å². The summed E-state index contributed by atoms with van der Waals surface area (Å²) in [5.74, 6) is -0.539. The topological polar surface area (TPSA) is 133 Å². The first kappa shape index (κ1) is 28.9. The molecular formula is C29H33FN4O6S. The van der Waals surface area contributed by atoms with Crippen LogP contribution in [0.2, 0.25) is 0 Å². The maximum Gasteiger partial charge on any atom is 0.340 e. The molecule has 5 rings (SSSR count). The molecule has 0 saturated carbocycles. The number of carbonyl (C=O) groups is 3. The monoisotopic (exact) mass is 584 g/mol. The van der Waals surface area contributed by atoms with Crippen molar-refractivity contribution in [3.8, 4) is 5.75 Å². The highest BCUT2D eigenvalue weighted by Crippen LogP contribution is 2.28. The fraction of sp³-hybridized carbons (Fsp3) is 0.414. The largest absolute Gasteiger partial charge is 0.491 e. The van der Waals surface area contributed by atoms with E-state index >= 15 is 0 Å². The zero-order valence-corrected chi connectivity index (χ0v) is 23.5. The minimum atomic E-state index is -0.736. The van der Waals surface area contributed by atoms with Gasteiger partial charge in [0.05, 0.1) is 23.1 Å². The second-order valence-corrected chi connectivity index (χ2v) is 11.3. The number of esters is 1. The third kappa shape index (κ3) is 7.00. The van der Waals surface area contributed by atoms with E-state index in [2.05, 4.69) is 15.6 Å². The van der Waals surface area contributed by atoms with E-state index in [1.807, 2.05) is 11.0 Å². The van der Waals surface area contributed by atoms with Gasteiger partial charge in [0.15, 0.2) is 0 Å². The SMILES string of the molecule is CCOC(=O)c1c[nH]c2ccc(OCC(O)CNC3CCN(c4ccc(CC5SC(=O)NC5=O)cc4F)CC3)cc12. The number of aromatic amines is 1. The van der Waals surface area contributed by atoms with Gasteiger partial charge in [-0.05, 0) is 62.1 Å². The van der Waals surface area contributed by atoms with Crippen molar-refractivity contribution in [3.05, 3.63) is 59.5 Å². The number of hydrogen-bond acceptors (Lipinski definition) is 9. The van der Waals surface area contributed by atoms with Crippen LogP contribution in [0.4, 0.5) is 14.9 Å². The fourth-order valence-corrected chi connectivity index (χ4v) is 5.98. The van der Waals surface area contributed by atoms with Crippen molar-refractivity contribution in [3.63, 3.8) is 0 Å². The van der Waals surface area contributed by atoms with Crippen LogP contribution < -0.4 is 20.3 Å². The van der Waals surface area contributed by atoms with Gasteiger partial charge in [0.2, 0.25) is 5.91 Å². The predicted octanol–water partition coefficient (Wildman–Crippen LogP) is 3.38. The van der Waals surface area contributed by atoms with Gasteiger partial charge < -0.3 is 29.8 Å². The van der Waals surface area contributed by atoms with E-state index in [4.69, 9.17) is 9.47 Å². The van der Waals surface area contributed by atoms with Gasteiger partial charge in [-0.3, -0.25) is 14.9 Å². The quantitative estimate of drug-likeness (QED) is 0.250. The average molecular weight is 585 g/mol. The van der Waals surface area contributed by atoms with Crippen molar-refractivity contribution in [2.75, 3.05) is 37.7 Å². The number of aromatic nitrogens is 1. The number of H-pyrrole nitrogens is 1. The number of aliphatic hydroxyl groups is 1. The van der Waals surface area contributed by atoms with Gasteiger partial charge in [-0.15, -0.1) is 0 Å². The van der Waals surface area contributed by atoms with Crippen LogP contribution in [0.5, 0.6) is 5.75 Å². The highest BCUT2D eigenvalue weighted by atomic mass is 32.2. The highest BCUT2D eigenvalue weighted by Gasteiger charge is 2.32. The molecule has 2 saturated heterocycles. The lowest BCUT2D eigenvalue weighted by Gasteiger charge is -2.34. The summed E-state index contributed by atoms with van der Waals surface area (Å²) in [4.78, 5) is 40.4. The van der Waals surface area contributed by atoms with Gasteiger partial charge in [0.1, 0.15) is 24.3 Å². The number of aliphatic hydroxyl groups excluding tert-OH is 1. The molecule has 1 aromatic heterocycles. The molecule has 0 bridgehead atoms. The number of benzene rings is 2. The average Bonchev–Trinajstić information content (AvgIpc) is 3.52. The molecule has 2 aliphatic rings. The Kier molecular flexibility index (Phi) is 9.11. The van der Waals surface area contributed by atoms with Crippen molar-refractivity contribution in [1.29, 1.82) is 0 Å². The Labute approximate surface area is 240 Å². The van der Waals surface area contributed by atoms with Gasteiger partial charge >= 0.3 is 5.97 Å². The lowest BCUT2D eigenvalue weighted by molar-refractivity contribution is -0.118. The second kappa shape index (κ2) is 12.9. The molecule has 2 amide bonds. The van der Waals surface area contributed by atoms with E-state index in [0.29, 0.717) is 54.0 Å². The van der Waals surface area contributed by atoms with Gasteiger partial charge in [-0.2, -0.15) is 0 Å². The van der Waals surface area contributed by atoms with Crippen molar-refractivity contribution in [1.82, 2.24) is 15.6 Å². The van der Waals surface area contributed by atoms with E-state index < -0.39 is 17.3 Å². The summed E-state index contributed by atoms with van der Waals surface area (Å²) in [7, 11) is 0. The van der Waals surface area contributed by atoms with Gasteiger partial charge in [-0.25, -0.2) is 9.18 Å². The summed E-state index contributed by atoms with van der Waals surface area (Å²) in [6.07, 6.45) is 2.75. The third-order valence-corrected chi connectivity index (χ3v) is 8.25. The zero-order chi connectivity index (χ0) is 28.9. The third-order valence-electron chi connectivity index (χ3n) is 7.27. The molecule has 2 unspecified atom stereocenters. The number of nitrogens with one attached hydrogen (secondary N) is 3. The second-order valence-electron chi connectivity index (χ2n) is 10.1. The van der Waals surface area contributed by atoms with Crippen LogP contribution in [-0.2, 0) is 16.0 Å². The maximum atomic E-state index is 14.9. The van der Waals surface area contributed by atoms with Crippen LogP contribution in [0.3, 0.4) is 0 Å². The Balaban J connectivity index is 1.06. The molecule has 0 aliphatic carbocycles. The van der Waals surface area contributed by atoms with Gasteiger partial charge in [0, 0.05) is 42.8 Å². The molecule has 4 N–H and O–H groups in total. The summed E-state index contributed by atoms with van der Waals surface area (Å²) >= 11 is 0.937. The van der Waals surface area contributed by atoms with Crippen LogP contribution in [0.1, 0.15) is 35.7 Å². The van der Waals surface area contributed by atoms with Crippen molar-refractivity contribution >= 4 is 45.5 Å². The number of ether oxygens (including phenoxy) is 2. The molecule has 3 aromatic rings. The number of fused-ring (bicyclic) bond motifs is 1. The molecule has 2 aromatic carbocycles. The molecule has 41 heavy (non-hydrogen) atoms. The summed E-state index contributed by atoms with van der Waals surface area (Å²) in [5, 5.41) is 15.9. The number of carbonyl (C=O) groups excluding carboxylic acids is 3. The Morgan fingerprint density at radius 3 is 2.73 bits per heavy atom. The minimum Gasteiger partial charge on any atom is -0.491 e. The number of halogens is 1. The molecule has 2 fully saturated rings. The molecule has 0 spiro atoms. The van der Waals surface area contributed by atoms with Crippen LogP contribution >= 0.6 is 11.8 Å². The smallest absolute Gasteiger partial charge is 0.340 e. The predicted molar refractivity (Wildman–Crippen MR) is 154 cm³/mol. The summed E-state index contributed by atoms with van der Waals surface area (Å²) < 4.78 is 25.8.